The quantitative estimate of drug-likeness (QED) is 0.0694. The normalized spacial score (nSPS) is 17.8. The number of fused-ring (bicyclic) bond motifs is 2. The van der Waals surface area contributed by atoms with E-state index in [1.54, 1.807) is 48.5 Å². The predicted octanol–water partition coefficient (Wildman–Crippen LogP) is 3.69. The Balaban J connectivity index is 0.765. The van der Waals surface area contributed by atoms with Crippen LogP contribution >= 0.6 is 0 Å². The van der Waals surface area contributed by atoms with Gasteiger partial charge in [-0.2, -0.15) is 0 Å². The number of ether oxygens (including phenoxy) is 1. The number of esters is 1. The number of aromatic hydroxyl groups is 1. The van der Waals surface area contributed by atoms with Gasteiger partial charge in [-0.15, -0.1) is 0 Å². The molecule has 7 amide bonds. The second-order valence-electron chi connectivity index (χ2n) is 16.8. The lowest BCUT2D eigenvalue weighted by Crippen LogP contribution is -2.56. The summed E-state index contributed by atoms with van der Waals surface area (Å²) in [5.41, 5.74) is 2.41. The number of methoxy groups -OCH3 is 1. The first-order valence-corrected chi connectivity index (χ1v) is 21.8. The number of anilines is 1. The molecule has 5 N–H and O–H groups in total. The maximum Gasteiger partial charge on any atom is 0.332 e. The summed E-state index contributed by atoms with van der Waals surface area (Å²) in [6.07, 6.45) is 5.69. The molecule has 1 unspecified atom stereocenters. The van der Waals surface area contributed by atoms with Crippen LogP contribution in [0.1, 0.15) is 104 Å². The van der Waals surface area contributed by atoms with E-state index in [1.807, 2.05) is 29.2 Å². The van der Waals surface area contributed by atoms with E-state index in [0.29, 0.717) is 74.1 Å². The summed E-state index contributed by atoms with van der Waals surface area (Å²) in [6.45, 7) is 1.52. The Morgan fingerprint density at radius 1 is 0.831 bits per heavy atom. The van der Waals surface area contributed by atoms with Crippen molar-refractivity contribution in [2.45, 2.75) is 81.8 Å². The summed E-state index contributed by atoms with van der Waals surface area (Å²) >= 11 is 0. The van der Waals surface area contributed by atoms with Crippen molar-refractivity contribution < 1.29 is 48.2 Å². The number of carbonyl (C=O) groups is 8. The lowest BCUT2D eigenvalue weighted by Gasteiger charge is -2.32. The van der Waals surface area contributed by atoms with Gasteiger partial charge in [0, 0.05) is 74.4 Å². The zero-order valence-corrected chi connectivity index (χ0v) is 35.8. The fraction of sp³-hybridized carbons (Fsp3) is 0.354. The summed E-state index contributed by atoms with van der Waals surface area (Å²) in [5.74, 6) is -4.15. The minimum atomic E-state index is -1.35. The standard InChI is InChI=1S/C48H49N7O10/c1-65-47(64)48(26-30-8-4-5-9-31(30)27-48)53-44(61)40-41(58)33(19-23-50-40)28-13-15-29(16-14-28)42(59)51-32-20-24-54(25-21-32)38(57)12-3-2-6-22-49-35-11-7-10-34-39(35)46(63)55(45(34)62)36-17-18-37(56)52-43(36)60/h4-5,7-11,13-16,19,23,32,36,49,58H,2-3,6,12,17-18,20-22,24-27H2,1H3,(H,51,59)(H,53,61)(H,52,56,60). The molecule has 2 saturated heterocycles. The van der Waals surface area contributed by atoms with Gasteiger partial charge in [-0.05, 0) is 79.1 Å². The molecule has 2 fully saturated rings. The van der Waals surface area contributed by atoms with Crippen molar-refractivity contribution in [1.29, 1.82) is 0 Å². The fourth-order valence-corrected chi connectivity index (χ4v) is 9.19. The van der Waals surface area contributed by atoms with Crippen LogP contribution < -0.4 is 21.3 Å². The average Bonchev–Trinajstić information content (AvgIpc) is 3.81. The number of carbonyl (C=O) groups excluding carboxylic acids is 8. The zero-order chi connectivity index (χ0) is 45.8. The number of hydrogen-bond donors (Lipinski definition) is 5. The second kappa shape index (κ2) is 18.7. The van der Waals surface area contributed by atoms with Crippen molar-refractivity contribution in [2.24, 2.45) is 0 Å². The minimum Gasteiger partial charge on any atom is -0.505 e. The van der Waals surface area contributed by atoms with Gasteiger partial charge in [0.15, 0.2) is 11.4 Å². The van der Waals surface area contributed by atoms with E-state index in [4.69, 9.17) is 4.74 Å². The molecular weight excluding hydrogens is 835 g/mol. The van der Waals surface area contributed by atoms with Crippen LogP contribution in [0.4, 0.5) is 5.69 Å². The largest absolute Gasteiger partial charge is 0.505 e. The molecule has 0 saturated carbocycles. The monoisotopic (exact) mass is 883 g/mol. The van der Waals surface area contributed by atoms with Crippen LogP contribution in [0.15, 0.2) is 79.0 Å². The van der Waals surface area contributed by atoms with Crippen LogP contribution in [-0.2, 0) is 36.8 Å². The number of amides is 7. The first kappa shape index (κ1) is 44.2. The number of benzene rings is 3. The third kappa shape index (κ3) is 9.03. The van der Waals surface area contributed by atoms with Crippen molar-refractivity contribution in [3.05, 3.63) is 113 Å². The number of hydrogen-bond acceptors (Lipinski definition) is 12. The van der Waals surface area contributed by atoms with Gasteiger partial charge < -0.3 is 30.7 Å². The van der Waals surface area contributed by atoms with Crippen LogP contribution in [-0.4, -0.2) is 112 Å². The maximum absolute atomic E-state index is 13.5. The van der Waals surface area contributed by atoms with E-state index < -0.39 is 47.1 Å². The van der Waals surface area contributed by atoms with Gasteiger partial charge >= 0.3 is 5.97 Å². The van der Waals surface area contributed by atoms with E-state index >= 15 is 0 Å². The number of rotatable bonds is 14. The van der Waals surface area contributed by atoms with E-state index in [-0.39, 0.29) is 66.1 Å². The minimum absolute atomic E-state index is 0.0447. The van der Waals surface area contributed by atoms with Crippen molar-refractivity contribution in [3.8, 4) is 16.9 Å². The third-order valence-corrected chi connectivity index (χ3v) is 12.7. The molecule has 0 radical (unpaired) electrons. The maximum atomic E-state index is 13.5. The average molecular weight is 884 g/mol. The van der Waals surface area contributed by atoms with E-state index in [1.165, 1.54) is 13.3 Å². The number of pyridine rings is 1. The molecule has 1 aromatic heterocycles. The van der Waals surface area contributed by atoms with Gasteiger partial charge in [0.25, 0.3) is 23.6 Å². The van der Waals surface area contributed by atoms with Crippen molar-refractivity contribution >= 4 is 53.0 Å². The van der Waals surface area contributed by atoms with Gasteiger partial charge in [-0.1, -0.05) is 48.9 Å². The molecular formula is C48H49N7O10. The van der Waals surface area contributed by atoms with Gasteiger partial charge in [0.05, 0.1) is 18.2 Å². The Hall–Kier alpha value is -7.43. The molecule has 1 aliphatic carbocycles. The van der Waals surface area contributed by atoms with Crippen molar-refractivity contribution in [1.82, 2.24) is 30.7 Å². The van der Waals surface area contributed by atoms with Gasteiger partial charge in [-0.25, -0.2) is 9.78 Å². The topological polar surface area (TPSA) is 234 Å². The smallest absolute Gasteiger partial charge is 0.332 e. The number of imide groups is 2. The number of aromatic nitrogens is 1. The molecule has 65 heavy (non-hydrogen) atoms. The van der Waals surface area contributed by atoms with E-state index in [9.17, 15) is 43.5 Å². The molecule has 4 aliphatic rings. The van der Waals surface area contributed by atoms with E-state index in [2.05, 4.69) is 26.3 Å². The fourth-order valence-electron chi connectivity index (χ4n) is 9.19. The first-order chi connectivity index (χ1) is 31.4. The van der Waals surface area contributed by atoms with Crippen LogP contribution in [0.2, 0.25) is 0 Å². The first-order valence-electron chi connectivity index (χ1n) is 21.8. The predicted molar refractivity (Wildman–Crippen MR) is 235 cm³/mol. The number of unbranched alkanes of at least 4 members (excludes halogenated alkanes) is 2. The molecule has 0 bridgehead atoms. The Bertz CT molecular complexity index is 2560. The van der Waals surface area contributed by atoms with Crippen molar-refractivity contribution in [2.75, 3.05) is 32.1 Å². The molecule has 3 aromatic carbocycles. The molecule has 8 rings (SSSR count). The molecule has 336 valence electrons. The number of nitrogens with zero attached hydrogens (tertiary/aromatic N) is 3. The SMILES string of the molecule is COC(=O)C1(NC(=O)c2nccc(-c3ccc(C(=O)NC4CCN(C(=O)CCCCCNc5cccc6c5C(=O)N(C5CCC(=O)NC5=O)C6=O)CC4)cc3)c2O)Cc2ccccc2C1. The van der Waals surface area contributed by atoms with Crippen LogP contribution in [0.25, 0.3) is 11.1 Å². The van der Waals surface area contributed by atoms with Crippen LogP contribution in [0.5, 0.6) is 5.75 Å². The molecule has 3 aliphatic heterocycles. The van der Waals surface area contributed by atoms with Gasteiger partial charge in [0.1, 0.15) is 11.6 Å². The third-order valence-electron chi connectivity index (χ3n) is 12.7. The summed E-state index contributed by atoms with van der Waals surface area (Å²) in [6, 6.07) is 19.4. The summed E-state index contributed by atoms with van der Waals surface area (Å²) in [7, 11) is 1.26. The van der Waals surface area contributed by atoms with E-state index in [0.717, 1.165) is 22.4 Å². The second-order valence-corrected chi connectivity index (χ2v) is 16.8. The van der Waals surface area contributed by atoms with Crippen LogP contribution in [0, 0.1) is 0 Å². The Kier molecular flexibility index (Phi) is 12.7. The zero-order valence-electron chi connectivity index (χ0n) is 35.8. The molecule has 4 heterocycles. The Labute approximate surface area is 374 Å². The lowest BCUT2D eigenvalue weighted by atomic mass is 9.95. The molecule has 17 heteroatoms. The van der Waals surface area contributed by atoms with Gasteiger partial charge in [-0.3, -0.25) is 43.8 Å². The summed E-state index contributed by atoms with van der Waals surface area (Å²) < 4.78 is 5.07. The highest BCUT2D eigenvalue weighted by atomic mass is 16.5. The molecule has 1 atom stereocenters. The van der Waals surface area contributed by atoms with Crippen molar-refractivity contribution in [3.63, 3.8) is 0 Å². The molecule has 4 aromatic rings. The molecule has 0 spiro atoms. The Morgan fingerprint density at radius 3 is 2.25 bits per heavy atom. The highest BCUT2D eigenvalue weighted by molar-refractivity contribution is 6.25. The molecule has 17 nitrogen and oxygen atoms in total. The number of likely N-dealkylation sites (tertiary alicyclic amines) is 1. The highest BCUT2D eigenvalue weighted by Crippen LogP contribution is 2.35. The van der Waals surface area contributed by atoms with Gasteiger partial charge in [0.2, 0.25) is 17.7 Å². The highest BCUT2D eigenvalue weighted by Gasteiger charge is 2.47. The number of nitrogens with one attached hydrogen (secondary N) is 4. The lowest BCUT2D eigenvalue weighted by molar-refractivity contribution is -0.148. The van der Waals surface area contributed by atoms with Crippen LogP contribution in [0.3, 0.4) is 0 Å². The summed E-state index contributed by atoms with van der Waals surface area (Å²) in [5, 5.41) is 22.5. The summed E-state index contributed by atoms with van der Waals surface area (Å²) in [4.78, 5) is 110. The Morgan fingerprint density at radius 2 is 1.55 bits per heavy atom. The number of piperidine rings is 2.